The highest BCUT2D eigenvalue weighted by Gasteiger charge is 2.31. The second-order valence-corrected chi connectivity index (χ2v) is 6.48. The first kappa shape index (κ1) is 14.7. The molecular weight excluding hydrogens is 312 g/mol. The Balaban J connectivity index is 1.62. The quantitative estimate of drug-likeness (QED) is 0.731. The molecule has 1 aliphatic heterocycles. The van der Waals surface area contributed by atoms with E-state index in [1.165, 1.54) is 0 Å². The largest absolute Gasteiger partial charge is 0.439 e. The number of aryl methyl sites for hydroxylation is 2. The van der Waals surface area contributed by atoms with Gasteiger partial charge in [-0.15, -0.1) is 0 Å². The Labute approximate surface area is 139 Å². The van der Waals surface area contributed by atoms with Gasteiger partial charge in [0.25, 0.3) is 0 Å². The van der Waals surface area contributed by atoms with Gasteiger partial charge < -0.3 is 4.42 Å². The SMILES string of the molecule is Cc1nn(C)c(Cl)c1[C@@H]1CCCN1Cc1nc2ccccc2o1. The van der Waals surface area contributed by atoms with E-state index in [1.54, 1.807) is 4.68 Å². The van der Waals surface area contributed by atoms with Gasteiger partial charge in [0.15, 0.2) is 5.58 Å². The highest BCUT2D eigenvalue weighted by atomic mass is 35.5. The molecule has 4 rings (SSSR count). The summed E-state index contributed by atoms with van der Waals surface area (Å²) in [5.74, 6) is 0.760. The van der Waals surface area contributed by atoms with E-state index in [9.17, 15) is 0 Å². The van der Waals surface area contributed by atoms with Crippen LogP contribution in [0.4, 0.5) is 0 Å². The molecule has 0 N–H and O–H groups in total. The Hall–Kier alpha value is -1.85. The lowest BCUT2D eigenvalue weighted by molar-refractivity contribution is 0.225. The van der Waals surface area contributed by atoms with Gasteiger partial charge in [0.2, 0.25) is 5.89 Å². The molecule has 1 aromatic carbocycles. The van der Waals surface area contributed by atoms with Crippen LogP contribution in [0, 0.1) is 6.92 Å². The molecule has 3 aromatic rings. The molecule has 6 heteroatoms. The van der Waals surface area contributed by atoms with Gasteiger partial charge >= 0.3 is 0 Å². The normalized spacial score (nSPS) is 19.0. The lowest BCUT2D eigenvalue weighted by Gasteiger charge is -2.23. The highest BCUT2D eigenvalue weighted by molar-refractivity contribution is 6.30. The monoisotopic (exact) mass is 330 g/mol. The first-order valence-corrected chi connectivity index (χ1v) is 8.29. The van der Waals surface area contributed by atoms with Crippen molar-refractivity contribution in [2.75, 3.05) is 6.54 Å². The summed E-state index contributed by atoms with van der Waals surface area (Å²) < 4.78 is 7.63. The Bertz CT molecular complexity index is 821. The van der Waals surface area contributed by atoms with E-state index in [2.05, 4.69) is 15.0 Å². The predicted molar refractivity (Wildman–Crippen MR) is 89.3 cm³/mol. The van der Waals surface area contributed by atoms with Crippen LogP contribution in [0.2, 0.25) is 5.15 Å². The van der Waals surface area contributed by atoms with Crippen LogP contribution in [0.5, 0.6) is 0 Å². The molecule has 0 amide bonds. The summed E-state index contributed by atoms with van der Waals surface area (Å²) in [5.41, 5.74) is 3.90. The smallest absolute Gasteiger partial charge is 0.209 e. The zero-order chi connectivity index (χ0) is 16.0. The van der Waals surface area contributed by atoms with Crippen LogP contribution in [-0.4, -0.2) is 26.2 Å². The number of hydrogen-bond acceptors (Lipinski definition) is 4. The first-order chi connectivity index (χ1) is 11.1. The van der Waals surface area contributed by atoms with Crippen LogP contribution in [-0.2, 0) is 13.6 Å². The second kappa shape index (κ2) is 5.65. The number of halogens is 1. The summed E-state index contributed by atoms with van der Waals surface area (Å²) >= 11 is 6.46. The van der Waals surface area contributed by atoms with E-state index >= 15 is 0 Å². The van der Waals surface area contributed by atoms with Gasteiger partial charge in [-0.2, -0.15) is 5.10 Å². The maximum absolute atomic E-state index is 6.46. The van der Waals surface area contributed by atoms with Crippen molar-refractivity contribution in [3.63, 3.8) is 0 Å². The van der Waals surface area contributed by atoms with Crippen LogP contribution >= 0.6 is 11.6 Å². The standard InChI is InChI=1S/C17H19ClN4O/c1-11-16(17(18)21(2)20-11)13-7-5-9-22(13)10-15-19-12-6-3-4-8-14(12)23-15/h3-4,6,8,13H,5,7,9-10H2,1-2H3/t13-/m0/s1. The summed E-state index contributed by atoms with van der Waals surface area (Å²) in [7, 11) is 1.89. The number of hydrogen-bond donors (Lipinski definition) is 0. The fourth-order valence-electron chi connectivity index (χ4n) is 3.53. The molecular formula is C17H19ClN4O. The fraction of sp³-hybridized carbons (Fsp3) is 0.412. The van der Waals surface area contributed by atoms with Gasteiger partial charge in [0, 0.05) is 18.7 Å². The molecule has 0 aliphatic carbocycles. The topological polar surface area (TPSA) is 47.1 Å². The van der Waals surface area contributed by atoms with Gasteiger partial charge in [0.1, 0.15) is 10.7 Å². The minimum absolute atomic E-state index is 0.284. The third kappa shape index (κ3) is 2.54. The van der Waals surface area contributed by atoms with Crippen molar-refractivity contribution in [1.82, 2.24) is 19.7 Å². The molecule has 0 spiro atoms. The van der Waals surface area contributed by atoms with Crippen molar-refractivity contribution >= 4 is 22.7 Å². The first-order valence-electron chi connectivity index (χ1n) is 7.91. The molecule has 23 heavy (non-hydrogen) atoms. The van der Waals surface area contributed by atoms with Crippen LogP contribution in [0.15, 0.2) is 28.7 Å². The Morgan fingerprint density at radius 3 is 2.91 bits per heavy atom. The zero-order valence-electron chi connectivity index (χ0n) is 13.3. The van der Waals surface area contributed by atoms with Gasteiger partial charge in [-0.1, -0.05) is 23.7 Å². The zero-order valence-corrected chi connectivity index (χ0v) is 14.0. The molecule has 2 aromatic heterocycles. The molecule has 0 bridgehead atoms. The van der Waals surface area contributed by atoms with Crippen LogP contribution in [0.1, 0.15) is 36.0 Å². The number of oxazole rings is 1. The minimum Gasteiger partial charge on any atom is -0.439 e. The van der Waals surface area contributed by atoms with Gasteiger partial charge in [-0.3, -0.25) is 9.58 Å². The summed E-state index contributed by atoms with van der Waals surface area (Å²) in [6.45, 7) is 3.75. The third-order valence-corrected chi connectivity index (χ3v) is 5.02. The van der Waals surface area contributed by atoms with E-state index < -0.39 is 0 Å². The molecule has 1 aliphatic rings. The second-order valence-electron chi connectivity index (χ2n) is 6.12. The molecule has 120 valence electrons. The van der Waals surface area contributed by atoms with Crippen molar-refractivity contribution < 1.29 is 4.42 Å². The van der Waals surface area contributed by atoms with Crippen molar-refractivity contribution in [2.24, 2.45) is 7.05 Å². The van der Waals surface area contributed by atoms with Crippen LogP contribution in [0.3, 0.4) is 0 Å². The van der Waals surface area contributed by atoms with Crippen molar-refractivity contribution in [3.8, 4) is 0 Å². The molecule has 0 unspecified atom stereocenters. The number of rotatable bonds is 3. The summed E-state index contributed by atoms with van der Waals surface area (Å²) in [6.07, 6.45) is 2.24. The molecule has 0 radical (unpaired) electrons. The van der Waals surface area contributed by atoms with E-state index in [0.717, 1.165) is 52.8 Å². The number of aromatic nitrogens is 3. The van der Waals surface area contributed by atoms with Crippen molar-refractivity contribution in [2.45, 2.75) is 32.4 Å². The molecule has 0 saturated carbocycles. The molecule has 1 atom stereocenters. The lowest BCUT2D eigenvalue weighted by Crippen LogP contribution is -2.23. The Kier molecular flexibility index (Phi) is 3.62. The molecule has 1 fully saturated rings. The van der Waals surface area contributed by atoms with E-state index in [-0.39, 0.29) is 6.04 Å². The van der Waals surface area contributed by atoms with Crippen molar-refractivity contribution in [1.29, 1.82) is 0 Å². The van der Waals surface area contributed by atoms with Crippen LogP contribution < -0.4 is 0 Å². The number of para-hydroxylation sites is 2. The van der Waals surface area contributed by atoms with Gasteiger partial charge in [-0.05, 0) is 38.4 Å². The Morgan fingerprint density at radius 1 is 1.35 bits per heavy atom. The van der Waals surface area contributed by atoms with Gasteiger partial charge in [-0.25, -0.2) is 4.98 Å². The molecule has 1 saturated heterocycles. The molecule has 5 nitrogen and oxygen atoms in total. The van der Waals surface area contributed by atoms with E-state index in [0.29, 0.717) is 6.54 Å². The number of fused-ring (bicyclic) bond motifs is 1. The number of benzene rings is 1. The summed E-state index contributed by atoms with van der Waals surface area (Å²) in [6, 6.07) is 8.16. The van der Waals surface area contributed by atoms with Gasteiger partial charge in [0.05, 0.1) is 12.2 Å². The number of nitrogens with zero attached hydrogens (tertiary/aromatic N) is 4. The average Bonchev–Trinajstić information content (AvgIpc) is 3.19. The Morgan fingerprint density at radius 2 is 2.17 bits per heavy atom. The highest BCUT2D eigenvalue weighted by Crippen LogP contribution is 2.38. The lowest BCUT2D eigenvalue weighted by atomic mass is 10.1. The molecule has 3 heterocycles. The average molecular weight is 331 g/mol. The van der Waals surface area contributed by atoms with Crippen molar-refractivity contribution in [3.05, 3.63) is 46.6 Å². The predicted octanol–water partition coefficient (Wildman–Crippen LogP) is 3.86. The third-order valence-electron chi connectivity index (χ3n) is 4.57. The maximum Gasteiger partial charge on any atom is 0.209 e. The van der Waals surface area contributed by atoms with Crippen LogP contribution in [0.25, 0.3) is 11.1 Å². The van der Waals surface area contributed by atoms with E-state index in [4.69, 9.17) is 16.0 Å². The van der Waals surface area contributed by atoms with E-state index in [1.807, 2.05) is 38.2 Å². The maximum atomic E-state index is 6.46. The summed E-state index contributed by atoms with van der Waals surface area (Å²) in [5, 5.41) is 5.18. The number of likely N-dealkylation sites (tertiary alicyclic amines) is 1. The minimum atomic E-state index is 0.284. The summed E-state index contributed by atoms with van der Waals surface area (Å²) in [4.78, 5) is 6.98. The fourth-order valence-corrected chi connectivity index (χ4v) is 3.83.